The van der Waals surface area contributed by atoms with Crippen LogP contribution >= 0.6 is 0 Å². The Bertz CT molecular complexity index is 417. The summed E-state index contributed by atoms with van der Waals surface area (Å²) in [7, 11) is 0. The molecule has 0 saturated heterocycles. The number of aliphatic hydroxyl groups excluding tert-OH is 1. The average molecular weight is 342 g/mol. The van der Waals surface area contributed by atoms with Crippen molar-refractivity contribution in [2.45, 2.75) is 52.0 Å². The molecule has 7 heteroatoms. The first kappa shape index (κ1) is 20.6. The predicted octanol–water partition coefficient (Wildman–Crippen LogP) is 0.402. The second kappa shape index (κ2) is 11.1. The summed E-state index contributed by atoms with van der Waals surface area (Å²) in [6.07, 6.45) is 3.68. The van der Waals surface area contributed by atoms with Gasteiger partial charge >= 0.3 is 0 Å². The van der Waals surface area contributed by atoms with Crippen LogP contribution in [0.1, 0.15) is 46.0 Å². The van der Waals surface area contributed by atoms with Crippen molar-refractivity contribution >= 4 is 17.6 Å². The SMILES string of the molecule is CC(C)C(=O)C1CCC(NC(=O)CCOCCNC(=O)CO)CC1. The van der Waals surface area contributed by atoms with E-state index in [4.69, 9.17) is 9.84 Å². The number of carbonyl (C=O) groups excluding carboxylic acids is 3. The lowest BCUT2D eigenvalue weighted by Gasteiger charge is -2.29. The lowest BCUT2D eigenvalue weighted by atomic mass is 9.80. The van der Waals surface area contributed by atoms with E-state index in [-0.39, 0.29) is 30.2 Å². The van der Waals surface area contributed by atoms with Gasteiger partial charge in [-0.05, 0) is 25.7 Å². The van der Waals surface area contributed by atoms with Crippen LogP contribution in [0.3, 0.4) is 0 Å². The zero-order chi connectivity index (χ0) is 17.9. The van der Waals surface area contributed by atoms with Gasteiger partial charge in [0.15, 0.2) is 0 Å². The van der Waals surface area contributed by atoms with Crippen molar-refractivity contribution in [2.24, 2.45) is 11.8 Å². The van der Waals surface area contributed by atoms with Crippen LogP contribution in [0.4, 0.5) is 0 Å². The highest BCUT2D eigenvalue weighted by Crippen LogP contribution is 2.27. The lowest BCUT2D eigenvalue weighted by molar-refractivity contribution is -0.127. The van der Waals surface area contributed by atoms with E-state index in [1.807, 2.05) is 13.8 Å². The first-order valence-corrected chi connectivity index (χ1v) is 8.72. The smallest absolute Gasteiger partial charge is 0.245 e. The lowest BCUT2D eigenvalue weighted by Crippen LogP contribution is -2.39. The minimum Gasteiger partial charge on any atom is -0.387 e. The van der Waals surface area contributed by atoms with Gasteiger partial charge in [0.05, 0.1) is 13.2 Å². The number of ether oxygens (including phenoxy) is 1. The molecule has 0 unspecified atom stereocenters. The third-order valence-corrected chi connectivity index (χ3v) is 4.25. The fourth-order valence-electron chi connectivity index (χ4n) is 2.88. The van der Waals surface area contributed by atoms with E-state index < -0.39 is 12.5 Å². The third kappa shape index (κ3) is 7.88. The maximum Gasteiger partial charge on any atom is 0.245 e. The van der Waals surface area contributed by atoms with Crippen LogP contribution in [0.5, 0.6) is 0 Å². The maximum absolute atomic E-state index is 12.0. The molecule has 0 heterocycles. The third-order valence-electron chi connectivity index (χ3n) is 4.25. The quantitative estimate of drug-likeness (QED) is 0.499. The normalized spacial score (nSPS) is 20.7. The highest BCUT2D eigenvalue weighted by atomic mass is 16.5. The van der Waals surface area contributed by atoms with Crippen LogP contribution in [0.15, 0.2) is 0 Å². The monoisotopic (exact) mass is 342 g/mol. The second-order valence-corrected chi connectivity index (χ2v) is 6.54. The highest BCUT2D eigenvalue weighted by Gasteiger charge is 2.28. The Morgan fingerprint density at radius 1 is 1.08 bits per heavy atom. The predicted molar refractivity (Wildman–Crippen MR) is 89.3 cm³/mol. The van der Waals surface area contributed by atoms with E-state index >= 15 is 0 Å². The molecular formula is C17H30N2O5. The largest absolute Gasteiger partial charge is 0.387 e. The molecule has 0 bridgehead atoms. The molecule has 0 atom stereocenters. The van der Waals surface area contributed by atoms with Gasteiger partial charge in [0.2, 0.25) is 11.8 Å². The fourth-order valence-corrected chi connectivity index (χ4v) is 2.88. The van der Waals surface area contributed by atoms with Crippen molar-refractivity contribution in [3.8, 4) is 0 Å². The van der Waals surface area contributed by atoms with Crippen molar-refractivity contribution < 1.29 is 24.2 Å². The van der Waals surface area contributed by atoms with Crippen molar-refractivity contribution in [3.05, 3.63) is 0 Å². The molecule has 1 rings (SSSR count). The summed E-state index contributed by atoms with van der Waals surface area (Å²) in [6, 6.07) is 0.151. The van der Waals surface area contributed by atoms with Crippen molar-refractivity contribution in [1.29, 1.82) is 0 Å². The number of carbonyl (C=O) groups is 3. The molecule has 3 N–H and O–H groups in total. The first-order valence-electron chi connectivity index (χ1n) is 8.72. The molecule has 1 saturated carbocycles. The topological polar surface area (TPSA) is 105 Å². The van der Waals surface area contributed by atoms with Gasteiger partial charge in [0, 0.05) is 30.8 Å². The van der Waals surface area contributed by atoms with Crippen LogP contribution in [0.2, 0.25) is 0 Å². The van der Waals surface area contributed by atoms with Crippen LogP contribution < -0.4 is 10.6 Å². The van der Waals surface area contributed by atoms with E-state index in [9.17, 15) is 14.4 Å². The number of nitrogens with one attached hydrogen (secondary N) is 2. The number of ketones is 1. The van der Waals surface area contributed by atoms with E-state index in [0.29, 0.717) is 25.5 Å². The minimum atomic E-state index is -0.534. The number of aliphatic hydroxyl groups is 1. The van der Waals surface area contributed by atoms with Gasteiger partial charge in [0.25, 0.3) is 0 Å². The Hall–Kier alpha value is -1.47. The highest BCUT2D eigenvalue weighted by molar-refractivity contribution is 5.83. The minimum absolute atomic E-state index is 0.0481. The second-order valence-electron chi connectivity index (χ2n) is 6.54. The Kier molecular flexibility index (Phi) is 9.56. The van der Waals surface area contributed by atoms with Gasteiger partial charge in [-0.25, -0.2) is 0 Å². The molecular weight excluding hydrogens is 312 g/mol. The standard InChI is InChI=1S/C17H30N2O5/c1-12(2)17(23)13-3-5-14(6-4-13)19-15(21)7-9-24-10-8-18-16(22)11-20/h12-14,20H,3-11H2,1-2H3,(H,18,22)(H,19,21). The van der Waals surface area contributed by atoms with E-state index in [2.05, 4.69) is 10.6 Å². The van der Waals surface area contributed by atoms with Crippen LogP contribution in [0.25, 0.3) is 0 Å². The molecule has 0 aromatic carbocycles. The van der Waals surface area contributed by atoms with Crippen molar-refractivity contribution in [1.82, 2.24) is 10.6 Å². The summed E-state index contributed by atoms with van der Waals surface area (Å²) in [5.74, 6) is 0.0773. The molecule has 24 heavy (non-hydrogen) atoms. The molecule has 1 aliphatic rings. The molecule has 1 aliphatic carbocycles. The number of hydrogen-bond donors (Lipinski definition) is 3. The Labute approximate surface area is 143 Å². The van der Waals surface area contributed by atoms with Crippen molar-refractivity contribution in [2.75, 3.05) is 26.4 Å². The number of hydrogen-bond acceptors (Lipinski definition) is 5. The molecule has 2 amide bonds. The number of amides is 2. The average Bonchev–Trinajstić information content (AvgIpc) is 2.57. The van der Waals surface area contributed by atoms with Crippen LogP contribution in [-0.2, 0) is 19.1 Å². The molecule has 1 fully saturated rings. The van der Waals surface area contributed by atoms with Crippen LogP contribution in [0, 0.1) is 11.8 Å². The Morgan fingerprint density at radius 3 is 2.33 bits per heavy atom. The number of rotatable bonds is 10. The van der Waals surface area contributed by atoms with E-state index in [1.54, 1.807) is 0 Å². The summed E-state index contributed by atoms with van der Waals surface area (Å²) in [5.41, 5.74) is 0. The van der Waals surface area contributed by atoms with Gasteiger partial charge < -0.3 is 20.5 Å². The zero-order valence-electron chi connectivity index (χ0n) is 14.7. The van der Waals surface area contributed by atoms with Gasteiger partial charge in [-0.3, -0.25) is 14.4 Å². The molecule has 0 aromatic heterocycles. The Morgan fingerprint density at radius 2 is 1.75 bits per heavy atom. The van der Waals surface area contributed by atoms with Gasteiger partial charge in [-0.2, -0.15) is 0 Å². The van der Waals surface area contributed by atoms with E-state index in [1.165, 1.54) is 0 Å². The van der Waals surface area contributed by atoms with Gasteiger partial charge in [-0.1, -0.05) is 13.8 Å². The molecule has 0 radical (unpaired) electrons. The molecule has 0 spiro atoms. The van der Waals surface area contributed by atoms with Gasteiger partial charge in [-0.15, -0.1) is 0 Å². The summed E-state index contributed by atoms with van der Waals surface area (Å²) in [6.45, 7) is 4.25. The van der Waals surface area contributed by atoms with Crippen molar-refractivity contribution in [3.63, 3.8) is 0 Å². The molecule has 0 aliphatic heterocycles. The van der Waals surface area contributed by atoms with Crippen LogP contribution in [-0.4, -0.2) is 55.1 Å². The zero-order valence-corrected chi connectivity index (χ0v) is 14.7. The Balaban J connectivity index is 2.08. The van der Waals surface area contributed by atoms with E-state index in [0.717, 1.165) is 25.7 Å². The molecule has 138 valence electrons. The summed E-state index contributed by atoms with van der Waals surface area (Å²) >= 11 is 0. The van der Waals surface area contributed by atoms with Gasteiger partial charge in [0.1, 0.15) is 12.4 Å². The molecule has 0 aromatic rings. The number of Topliss-reactive ketones (excluding diaryl/α,β-unsaturated/α-hetero) is 1. The first-order chi connectivity index (χ1) is 11.4. The summed E-state index contributed by atoms with van der Waals surface area (Å²) in [5, 5.41) is 14.0. The fraction of sp³-hybridized carbons (Fsp3) is 0.824. The maximum atomic E-state index is 12.0. The molecule has 7 nitrogen and oxygen atoms in total. The summed E-state index contributed by atoms with van der Waals surface area (Å²) < 4.78 is 5.26. The summed E-state index contributed by atoms with van der Waals surface area (Å²) in [4.78, 5) is 34.6.